The molecule has 0 unspecified atom stereocenters. The Morgan fingerprint density at radius 1 is 1.32 bits per heavy atom. The first-order valence-corrected chi connectivity index (χ1v) is 6.85. The second-order valence-electron chi connectivity index (χ2n) is 4.37. The molecule has 0 saturated heterocycles. The molecule has 5 nitrogen and oxygen atoms in total. The minimum Gasteiger partial charge on any atom is -0.352 e. The number of benzene rings is 1. The SMILES string of the molecule is CC[C@@H](C)[C@H](NC(N)=O)C(=O)Nc1ccc(Br)cc1. The quantitative estimate of drug-likeness (QED) is 0.776. The molecule has 0 heterocycles. The van der Waals surface area contributed by atoms with Crippen molar-refractivity contribution in [3.8, 4) is 0 Å². The van der Waals surface area contributed by atoms with Gasteiger partial charge in [0.2, 0.25) is 5.91 Å². The van der Waals surface area contributed by atoms with Gasteiger partial charge in [0.1, 0.15) is 6.04 Å². The molecular weight excluding hydrogens is 310 g/mol. The number of hydrogen-bond acceptors (Lipinski definition) is 2. The normalized spacial score (nSPS) is 13.4. The number of anilines is 1. The first-order valence-electron chi connectivity index (χ1n) is 6.06. The van der Waals surface area contributed by atoms with Crippen LogP contribution >= 0.6 is 15.9 Å². The molecule has 19 heavy (non-hydrogen) atoms. The minimum atomic E-state index is -0.698. The van der Waals surface area contributed by atoms with E-state index in [9.17, 15) is 9.59 Å². The summed E-state index contributed by atoms with van der Waals surface area (Å²) in [5.74, 6) is -0.265. The standard InChI is InChI=1S/C13H18BrN3O2/c1-3-8(2)11(17-13(15)19)12(18)16-10-6-4-9(14)5-7-10/h4-8,11H,3H2,1-2H3,(H,16,18)(H3,15,17,19)/t8-,11+/m1/s1. The van der Waals surface area contributed by atoms with E-state index in [4.69, 9.17) is 5.73 Å². The summed E-state index contributed by atoms with van der Waals surface area (Å²) in [7, 11) is 0. The molecule has 4 N–H and O–H groups in total. The third-order valence-electron chi connectivity index (χ3n) is 2.90. The Balaban J connectivity index is 2.76. The number of urea groups is 1. The van der Waals surface area contributed by atoms with Crippen LogP contribution in [0.15, 0.2) is 28.7 Å². The number of nitrogens with two attached hydrogens (primary N) is 1. The lowest BCUT2D eigenvalue weighted by Crippen LogP contribution is -2.49. The molecule has 1 rings (SSSR count). The summed E-state index contributed by atoms with van der Waals surface area (Å²) in [6, 6.07) is 5.88. The fourth-order valence-corrected chi connectivity index (χ4v) is 1.87. The zero-order chi connectivity index (χ0) is 14.4. The van der Waals surface area contributed by atoms with Crippen molar-refractivity contribution in [2.75, 3.05) is 5.32 Å². The average molecular weight is 328 g/mol. The Kier molecular flexibility index (Phi) is 5.82. The van der Waals surface area contributed by atoms with Crippen LogP contribution in [0.4, 0.5) is 10.5 Å². The minimum absolute atomic E-state index is 0.00273. The summed E-state index contributed by atoms with van der Waals surface area (Å²) >= 11 is 3.32. The summed E-state index contributed by atoms with van der Waals surface area (Å²) in [6.45, 7) is 3.84. The first-order chi connectivity index (χ1) is 8.93. The molecule has 0 fully saturated rings. The molecule has 1 aromatic carbocycles. The smallest absolute Gasteiger partial charge is 0.312 e. The van der Waals surface area contributed by atoms with Gasteiger partial charge in [-0.15, -0.1) is 0 Å². The van der Waals surface area contributed by atoms with E-state index >= 15 is 0 Å². The summed E-state index contributed by atoms with van der Waals surface area (Å²) in [4.78, 5) is 23.1. The molecule has 1 aromatic rings. The number of amides is 3. The lowest BCUT2D eigenvalue weighted by Gasteiger charge is -2.22. The average Bonchev–Trinajstić information content (AvgIpc) is 2.37. The summed E-state index contributed by atoms with van der Waals surface area (Å²) in [6.07, 6.45) is 0.763. The number of primary amides is 1. The van der Waals surface area contributed by atoms with Gasteiger partial charge in [-0.2, -0.15) is 0 Å². The van der Waals surface area contributed by atoms with Crippen molar-refractivity contribution in [3.05, 3.63) is 28.7 Å². The predicted octanol–water partition coefficient (Wildman–Crippen LogP) is 2.47. The Bertz CT molecular complexity index is 448. The van der Waals surface area contributed by atoms with Gasteiger partial charge >= 0.3 is 6.03 Å². The highest BCUT2D eigenvalue weighted by Crippen LogP contribution is 2.16. The van der Waals surface area contributed by atoms with Crippen molar-refractivity contribution >= 4 is 33.6 Å². The van der Waals surface area contributed by atoms with E-state index in [-0.39, 0.29) is 11.8 Å². The van der Waals surface area contributed by atoms with E-state index < -0.39 is 12.1 Å². The first kappa shape index (κ1) is 15.5. The van der Waals surface area contributed by atoms with Gasteiger partial charge in [-0.1, -0.05) is 36.2 Å². The Labute approximate surface area is 121 Å². The second kappa shape index (κ2) is 7.13. The summed E-state index contributed by atoms with van der Waals surface area (Å²) in [5, 5.41) is 5.24. The van der Waals surface area contributed by atoms with E-state index in [0.717, 1.165) is 10.9 Å². The lowest BCUT2D eigenvalue weighted by atomic mass is 9.98. The highest BCUT2D eigenvalue weighted by atomic mass is 79.9. The van der Waals surface area contributed by atoms with Crippen LogP contribution in [0.2, 0.25) is 0 Å². The van der Waals surface area contributed by atoms with Crippen LogP contribution in [0.25, 0.3) is 0 Å². The molecule has 0 aliphatic heterocycles. The van der Waals surface area contributed by atoms with Gasteiger partial charge in [-0.25, -0.2) is 4.79 Å². The molecule has 0 aliphatic rings. The molecule has 0 saturated carbocycles. The monoisotopic (exact) mass is 327 g/mol. The van der Waals surface area contributed by atoms with E-state index in [1.807, 2.05) is 26.0 Å². The number of carbonyl (C=O) groups is 2. The van der Waals surface area contributed by atoms with Crippen LogP contribution in [0.5, 0.6) is 0 Å². The van der Waals surface area contributed by atoms with Crippen LogP contribution in [0.3, 0.4) is 0 Å². The molecule has 6 heteroatoms. The van der Waals surface area contributed by atoms with Crippen LogP contribution in [-0.2, 0) is 4.79 Å². The van der Waals surface area contributed by atoms with Crippen LogP contribution in [0, 0.1) is 5.92 Å². The van der Waals surface area contributed by atoms with E-state index in [0.29, 0.717) is 5.69 Å². The number of rotatable bonds is 5. The summed E-state index contributed by atoms with van der Waals surface area (Å²) in [5.41, 5.74) is 5.77. The van der Waals surface area contributed by atoms with Gasteiger partial charge in [0, 0.05) is 10.2 Å². The zero-order valence-electron chi connectivity index (χ0n) is 10.9. The topological polar surface area (TPSA) is 84.2 Å². The van der Waals surface area contributed by atoms with Crippen molar-refractivity contribution in [2.45, 2.75) is 26.3 Å². The van der Waals surface area contributed by atoms with Gasteiger partial charge in [-0.05, 0) is 30.2 Å². The van der Waals surface area contributed by atoms with Gasteiger partial charge in [-0.3, -0.25) is 4.79 Å². The maximum Gasteiger partial charge on any atom is 0.312 e. The van der Waals surface area contributed by atoms with Crippen molar-refractivity contribution < 1.29 is 9.59 Å². The van der Waals surface area contributed by atoms with Crippen molar-refractivity contribution in [1.29, 1.82) is 0 Å². The molecule has 2 atom stereocenters. The highest BCUT2D eigenvalue weighted by Gasteiger charge is 2.25. The van der Waals surface area contributed by atoms with Crippen molar-refractivity contribution in [2.24, 2.45) is 11.7 Å². The zero-order valence-corrected chi connectivity index (χ0v) is 12.5. The molecule has 3 amide bonds. The van der Waals surface area contributed by atoms with Crippen molar-refractivity contribution in [3.63, 3.8) is 0 Å². The number of carbonyl (C=O) groups excluding carboxylic acids is 2. The molecule has 104 valence electrons. The van der Waals surface area contributed by atoms with E-state index in [1.165, 1.54) is 0 Å². The Morgan fingerprint density at radius 3 is 2.37 bits per heavy atom. The van der Waals surface area contributed by atoms with E-state index in [1.54, 1.807) is 12.1 Å². The maximum atomic E-state index is 12.1. The molecule has 0 spiro atoms. The van der Waals surface area contributed by atoms with Gasteiger partial charge in [0.25, 0.3) is 0 Å². The second-order valence-corrected chi connectivity index (χ2v) is 5.28. The third-order valence-corrected chi connectivity index (χ3v) is 3.43. The van der Waals surface area contributed by atoms with Gasteiger partial charge < -0.3 is 16.4 Å². The van der Waals surface area contributed by atoms with Crippen molar-refractivity contribution in [1.82, 2.24) is 5.32 Å². The Morgan fingerprint density at radius 2 is 1.89 bits per heavy atom. The van der Waals surface area contributed by atoms with Crippen LogP contribution < -0.4 is 16.4 Å². The van der Waals surface area contributed by atoms with Crippen LogP contribution in [0.1, 0.15) is 20.3 Å². The third kappa shape index (κ3) is 4.90. The molecule has 0 bridgehead atoms. The number of hydrogen-bond donors (Lipinski definition) is 3. The maximum absolute atomic E-state index is 12.1. The van der Waals surface area contributed by atoms with E-state index in [2.05, 4.69) is 26.6 Å². The predicted molar refractivity (Wildman–Crippen MR) is 78.7 cm³/mol. The molecule has 0 aliphatic carbocycles. The Hall–Kier alpha value is -1.56. The molecule has 0 aromatic heterocycles. The summed E-state index contributed by atoms with van der Waals surface area (Å²) < 4.78 is 0.930. The highest BCUT2D eigenvalue weighted by molar-refractivity contribution is 9.10. The fraction of sp³-hybridized carbons (Fsp3) is 0.385. The number of halogens is 1. The van der Waals surface area contributed by atoms with Gasteiger partial charge in [0.05, 0.1) is 0 Å². The number of nitrogens with one attached hydrogen (secondary N) is 2. The van der Waals surface area contributed by atoms with Crippen LogP contribution in [-0.4, -0.2) is 18.0 Å². The largest absolute Gasteiger partial charge is 0.352 e. The fourth-order valence-electron chi connectivity index (χ4n) is 1.61. The lowest BCUT2D eigenvalue weighted by molar-refractivity contribution is -0.119. The molecular formula is C13H18BrN3O2. The molecule has 0 radical (unpaired) electrons. The van der Waals surface area contributed by atoms with Gasteiger partial charge in [0.15, 0.2) is 0 Å².